The molecule has 0 unspecified atom stereocenters. The lowest BCUT2D eigenvalue weighted by molar-refractivity contribution is -0.383. The van der Waals surface area contributed by atoms with Gasteiger partial charge in [0.05, 0.1) is 23.1 Å². The molecule has 0 atom stereocenters. The van der Waals surface area contributed by atoms with E-state index < -0.39 is 4.92 Å². The van der Waals surface area contributed by atoms with Crippen molar-refractivity contribution in [2.45, 2.75) is 31.7 Å². The molecule has 7 heteroatoms. The highest BCUT2D eigenvalue weighted by Gasteiger charge is 2.18. The summed E-state index contributed by atoms with van der Waals surface area (Å²) < 4.78 is 0. The van der Waals surface area contributed by atoms with E-state index in [-0.39, 0.29) is 29.4 Å². The average molecular weight is 288 g/mol. The third-order valence-electron chi connectivity index (χ3n) is 3.50. The van der Waals surface area contributed by atoms with E-state index >= 15 is 0 Å². The fourth-order valence-corrected chi connectivity index (χ4v) is 2.42. The molecular weight excluding hydrogens is 272 g/mol. The van der Waals surface area contributed by atoms with Crippen LogP contribution in [0.15, 0.2) is 18.2 Å². The quantitative estimate of drug-likeness (QED) is 0.635. The predicted molar refractivity (Wildman–Crippen MR) is 76.7 cm³/mol. The Morgan fingerprint density at radius 2 is 2.14 bits per heavy atom. The number of carbonyl (C=O) groups excluding carboxylic acids is 1. The van der Waals surface area contributed by atoms with Crippen LogP contribution in [0, 0.1) is 21.4 Å². The van der Waals surface area contributed by atoms with Crippen LogP contribution in [-0.4, -0.2) is 23.4 Å². The lowest BCUT2D eigenvalue weighted by Gasteiger charge is -2.11. The highest BCUT2D eigenvalue weighted by atomic mass is 16.6. The van der Waals surface area contributed by atoms with Gasteiger partial charge in [0, 0.05) is 12.1 Å². The van der Waals surface area contributed by atoms with Gasteiger partial charge in [0.15, 0.2) is 0 Å². The number of amides is 1. The Hall–Kier alpha value is -2.46. The van der Waals surface area contributed by atoms with Crippen molar-refractivity contribution in [3.05, 3.63) is 33.9 Å². The molecule has 110 valence electrons. The maximum absolute atomic E-state index is 11.8. The van der Waals surface area contributed by atoms with Gasteiger partial charge in [0.2, 0.25) is 5.91 Å². The van der Waals surface area contributed by atoms with Crippen molar-refractivity contribution in [1.29, 1.82) is 5.26 Å². The highest BCUT2D eigenvalue weighted by molar-refractivity contribution is 5.94. The first-order valence-electron chi connectivity index (χ1n) is 6.82. The molecule has 0 bridgehead atoms. The van der Waals surface area contributed by atoms with Crippen LogP contribution in [0.3, 0.4) is 0 Å². The van der Waals surface area contributed by atoms with Gasteiger partial charge in [-0.05, 0) is 25.0 Å². The van der Waals surface area contributed by atoms with Crippen molar-refractivity contribution in [3.8, 4) is 6.07 Å². The second-order valence-corrected chi connectivity index (χ2v) is 5.01. The van der Waals surface area contributed by atoms with Crippen LogP contribution in [0.2, 0.25) is 0 Å². The molecule has 0 spiro atoms. The van der Waals surface area contributed by atoms with Crippen LogP contribution < -0.4 is 10.6 Å². The summed E-state index contributed by atoms with van der Waals surface area (Å²) in [6.45, 7) is 0.127. The Morgan fingerprint density at radius 3 is 2.76 bits per heavy atom. The third kappa shape index (κ3) is 4.00. The Kier molecular flexibility index (Phi) is 4.85. The van der Waals surface area contributed by atoms with Gasteiger partial charge < -0.3 is 10.6 Å². The molecule has 2 rings (SSSR count). The number of nitrogens with one attached hydrogen (secondary N) is 2. The van der Waals surface area contributed by atoms with Crippen LogP contribution in [0.4, 0.5) is 11.4 Å². The number of carbonyl (C=O) groups is 1. The van der Waals surface area contributed by atoms with Crippen molar-refractivity contribution in [3.63, 3.8) is 0 Å². The van der Waals surface area contributed by atoms with E-state index in [9.17, 15) is 14.9 Å². The molecule has 0 heterocycles. The summed E-state index contributed by atoms with van der Waals surface area (Å²) >= 11 is 0. The zero-order chi connectivity index (χ0) is 15.2. The van der Waals surface area contributed by atoms with E-state index in [1.165, 1.54) is 25.0 Å². The molecule has 7 nitrogen and oxygen atoms in total. The molecule has 1 aromatic rings. The summed E-state index contributed by atoms with van der Waals surface area (Å²) in [6, 6.07) is 6.16. The summed E-state index contributed by atoms with van der Waals surface area (Å²) in [7, 11) is 0. The van der Waals surface area contributed by atoms with Crippen LogP contribution in [0.25, 0.3) is 0 Å². The van der Waals surface area contributed by atoms with Gasteiger partial charge in [0.25, 0.3) is 5.69 Å². The van der Waals surface area contributed by atoms with Gasteiger partial charge >= 0.3 is 0 Å². The zero-order valence-corrected chi connectivity index (χ0v) is 11.5. The topological polar surface area (TPSA) is 108 Å². The molecule has 1 aliphatic carbocycles. The number of hydrogen-bond donors (Lipinski definition) is 2. The molecule has 21 heavy (non-hydrogen) atoms. The number of rotatable bonds is 5. The maximum atomic E-state index is 11.8. The summed E-state index contributed by atoms with van der Waals surface area (Å²) in [4.78, 5) is 22.2. The van der Waals surface area contributed by atoms with Gasteiger partial charge in [-0.1, -0.05) is 12.8 Å². The normalized spacial score (nSPS) is 14.6. The molecule has 1 saturated carbocycles. The minimum atomic E-state index is -0.610. The van der Waals surface area contributed by atoms with Crippen molar-refractivity contribution < 1.29 is 9.72 Å². The monoisotopic (exact) mass is 288 g/mol. The SMILES string of the molecule is N#Cc1ccc(NC(=O)CNC2CCCC2)c([N+](=O)[O-])c1. The van der Waals surface area contributed by atoms with Crippen LogP contribution in [-0.2, 0) is 4.79 Å². The Balaban J connectivity index is 1.99. The van der Waals surface area contributed by atoms with E-state index in [2.05, 4.69) is 10.6 Å². The fourth-order valence-electron chi connectivity index (χ4n) is 2.42. The molecule has 1 amide bonds. The van der Waals surface area contributed by atoms with Crippen molar-refractivity contribution >= 4 is 17.3 Å². The molecule has 1 aliphatic rings. The summed E-state index contributed by atoms with van der Waals surface area (Å²) in [5.41, 5.74) is 0.0178. The van der Waals surface area contributed by atoms with E-state index in [1.807, 2.05) is 6.07 Å². The lowest BCUT2D eigenvalue weighted by atomic mass is 10.2. The fraction of sp³-hybridized carbons (Fsp3) is 0.429. The summed E-state index contributed by atoms with van der Waals surface area (Å²) in [6.07, 6.45) is 4.45. The minimum absolute atomic E-state index is 0.109. The zero-order valence-electron chi connectivity index (χ0n) is 11.5. The van der Waals surface area contributed by atoms with E-state index in [0.29, 0.717) is 6.04 Å². The summed E-state index contributed by atoms with van der Waals surface area (Å²) in [5, 5.41) is 25.4. The van der Waals surface area contributed by atoms with Crippen molar-refractivity contribution in [1.82, 2.24) is 5.32 Å². The second-order valence-electron chi connectivity index (χ2n) is 5.01. The van der Waals surface area contributed by atoms with Gasteiger partial charge in [0.1, 0.15) is 5.69 Å². The molecule has 2 N–H and O–H groups in total. The first kappa shape index (κ1) is 14.9. The van der Waals surface area contributed by atoms with Crippen LogP contribution in [0.5, 0.6) is 0 Å². The van der Waals surface area contributed by atoms with Crippen LogP contribution in [0.1, 0.15) is 31.2 Å². The number of nitriles is 1. The highest BCUT2D eigenvalue weighted by Crippen LogP contribution is 2.25. The smallest absolute Gasteiger partial charge is 0.294 e. The van der Waals surface area contributed by atoms with Gasteiger partial charge in [-0.25, -0.2) is 0 Å². The largest absolute Gasteiger partial charge is 0.319 e. The van der Waals surface area contributed by atoms with E-state index in [4.69, 9.17) is 5.26 Å². The molecule has 1 fully saturated rings. The average Bonchev–Trinajstić information content (AvgIpc) is 2.98. The number of benzene rings is 1. The first-order valence-corrected chi connectivity index (χ1v) is 6.82. The summed E-state index contributed by atoms with van der Waals surface area (Å²) in [5.74, 6) is -0.324. The van der Waals surface area contributed by atoms with Crippen molar-refractivity contribution in [2.75, 3.05) is 11.9 Å². The van der Waals surface area contributed by atoms with Gasteiger partial charge in [-0.15, -0.1) is 0 Å². The predicted octanol–water partition coefficient (Wildman–Crippen LogP) is 1.94. The molecule has 0 aliphatic heterocycles. The van der Waals surface area contributed by atoms with Gasteiger partial charge in [-0.2, -0.15) is 5.26 Å². The van der Waals surface area contributed by atoms with E-state index in [0.717, 1.165) is 18.9 Å². The number of nitro groups is 1. The van der Waals surface area contributed by atoms with Crippen molar-refractivity contribution in [2.24, 2.45) is 0 Å². The number of nitro benzene ring substituents is 1. The molecule has 1 aromatic carbocycles. The number of anilines is 1. The van der Waals surface area contributed by atoms with E-state index in [1.54, 1.807) is 0 Å². The third-order valence-corrected chi connectivity index (χ3v) is 3.50. The Bertz CT molecular complexity index is 588. The molecular formula is C14H16N4O3. The molecule has 0 saturated heterocycles. The molecule has 0 radical (unpaired) electrons. The standard InChI is InChI=1S/C14H16N4O3/c15-8-10-5-6-12(13(7-10)18(20)21)17-14(19)9-16-11-3-1-2-4-11/h5-7,11,16H,1-4,9H2,(H,17,19). The molecule has 0 aromatic heterocycles. The van der Waals surface area contributed by atoms with Gasteiger partial charge in [-0.3, -0.25) is 14.9 Å². The number of hydrogen-bond acceptors (Lipinski definition) is 5. The first-order chi connectivity index (χ1) is 10.1. The minimum Gasteiger partial charge on any atom is -0.319 e. The Labute approximate surface area is 122 Å². The maximum Gasteiger partial charge on any atom is 0.294 e. The van der Waals surface area contributed by atoms with Crippen LogP contribution >= 0.6 is 0 Å². The number of nitrogens with zero attached hydrogens (tertiary/aromatic N) is 2. The second kappa shape index (κ2) is 6.81. The Morgan fingerprint density at radius 1 is 1.43 bits per heavy atom. The lowest BCUT2D eigenvalue weighted by Crippen LogP contribution is -2.34.